The van der Waals surface area contributed by atoms with E-state index >= 15 is 0 Å². The van der Waals surface area contributed by atoms with Crippen LogP contribution < -0.4 is 0 Å². The van der Waals surface area contributed by atoms with Crippen LogP contribution in [-0.2, 0) is 13.1 Å². The van der Waals surface area contributed by atoms with Crippen molar-refractivity contribution in [3.63, 3.8) is 0 Å². The molecule has 0 radical (unpaired) electrons. The molecule has 2 saturated heterocycles. The number of hydrogen-bond acceptors (Lipinski definition) is 4. The minimum Gasteiger partial charge on any atom is -0.396 e. The molecule has 2 aliphatic heterocycles. The molecule has 2 aromatic carbocycles. The Bertz CT molecular complexity index is 715. The van der Waals surface area contributed by atoms with Crippen LogP contribution >= 0.6 is 0 Å². The molecule has 4 nitrogen and oxygen atoms in total. The lowest BCUT2D eigenvalue weighted by atomic mass is 9.99. The molecule has 2 heterocycles. The van der Waals surface area contributed by atoms with Crippen LogP contribution in [0.3, 0.4) is 0 Å². The average Bonchev–Trinajstić information content (AvgIpc) is 2.77. The molecule has 2 aliphatic rings. The van der Waals surface area contributed by atoms with Gasteiger partial charge in [-0.05, 0) is 43.5 Å². The van der Waals surface area contributed by atoms with Crippen LogP contribution in [0.5, 0.6) is 0 Å². The summed E-state index contributed by atoms with van der Waals surface area (Å²) in [5.74, 6) is 0. The Morgan fingerprint density at radius 1 is 0.759 bits per heavy atom. The molecule has 0 amide bonds. The predicted octanol–water partition coefficient (Wildman–Crippen LogP) is 3.22. The molecule has 0 unspecified atom stereocenters. The average molecular weight is 394 g/mol. The van der Waals surface area contributed by atoms with Crippen molar-refractivity contribution >= 4 is 0 Å². The van der Waals surface area contributed by atoms with Crippen LogP contribution in [0.4, 0.5) is 0 Å². The van der Waals surface area contributed by atoms with Crippen molar-refractivity contribution in [2.24, 2.45) is 0 Å². The number of aliphatic hydroxyl groups is 1. The van der Waals surface area contributed by atoms with Gasteiger partial charge in [-0.15, -0.1) is 0 Å². The van der Waals surface area contributed by atoms with E-state index < -0.39 is 0 Å². The van der Waals surface area contributed by atoms with Crippen molar-refractivity contribution in [2.75, 3.05) is 39.3 Å². The van der Waals surface area contributed by atoms with Crippen molar-refractivity contribution in [2.45, 2.75) is 44.4 Å². The van der Waals surface area contributed by atoms with E-state index in [0.717, 1.165) is 39.1 Å². The maximum absolute atomic E-state index is 9.62. The number of piperazine rings is 1. The number of rotatable bonds is 7. The maximum Gasteiger partial charge on any atom is 0.0446 e. The molecule has 2 aromatic rings. The number of likely N-dealkylation sites (tertiary alicyclic amines) is 1. The zero-order valence-electron chi connectivity index (χ0n) is 17.5. The van der Waals surface area contributed by atoms with E-state index in [2.05, 4.69) is 75.4 Å². The van der Waals surface area contributed by atoms with E-state index in [4.69, 9.17) is 0 Å². The molecule has 0 aliphatic carbocycles. The van der Waals surface area contributed by atoms with Crippen LogP contribution in [0, 0.1) is 0 Å². The lowest BCUT2D eigenvalue weighted by molar-refractivity contribution is 0.0123. The van der Waals surface area contributed by atoms with Crippen LogP contribution in [0.15, 0.2) is 60.7 Å². The summed E-state index contributed by atoms with van der Waals surface area (Å²) >= 11 is 0. The van der Waals surface area contributed by atoms with Gasteiger partial charge in [0.2, 0.25) is 0 Å². The summed E-state index contributed by atoms with van der Waals surface area (Å²) in [6.07, 6.45) is 3.39. The Morgan fingerprint density at radius 2 is 1.38 bits per heavy atom. The van der Waals surface area contributed by atoms with Crippen LogP contribution in [0.2, 0.25) is 0 Å². The summed E-state index contributed by atoms with van der Waals surface area (Å²) in [5, 5.41) is 9.62. The fourth-order valence-electron chi connectivity index (χ4n) is 4.98. The Kier molecular flexibility index (Phi) is 7.33. The molecule has 29 heavy (non-hydrogen) atoms. The monoisotopic (exact) mass is 393 g/mol. The van der Waals surface area contributed by atoms with Gasteiger partial charge in [0.05, 0.1) is 0 Å². The lowest BCUT2D eigenvalue weighted by Gasteiger charge is -2.46. The zero-order valence-corrected chi connectivity index (χ0v) is 17.5. The highest BCUT2D eigenvalue weighted by atomic mass is 16.3. The lowest BCUT2D eigenvalue weighted by Crippen LogP contribution is -2.57. The van der Waals surface area contributed by atoms with Gasteiger partial charge in [-0.3, -0.25) is 14.7 Å². The number of nitrogens with zero attached hydrogens (tertiary/aromatic N) is 3. The summed E-state index contributed by atoms with van der Waals surface area (Å²) < 4.78 is 0. The topological polar surface area (TPSA) is 30.0 Å². The number of piperidine rings is 1. The number of aliphatic hydroxyl groups excluding tert-OH is 1. The summed E-state index contributed by atoms with van der Waals surface area (Å²) in [5.41, 5.74) is 2.79. The second-order valence-electron chi connectivity index (χ2n) is 8.61. The van der Waals surface area contributed by atoms with Gasteiger partial charge in [-0.2, -0.15) is 0 Å². The second-order valence-corrected chi connectivity index (χ2v) is 8.61. The third kappa shape index (κ3) is 5.67. The SMILES string of the molecule is OCC[C@H]1CN(C2CCN(Cc3ccccc3)CC2)CCN1Cc1ccccc1. The Hall–Kier alpha value is -1.72. The minimum absolute atomic E-state index is 0.277. The van der Waals surface area contributed by atoms with Crippen molar-refractivity contribution in [3.8, 4) is 0 Å². The van der Waals surface area contributed by atoms with E-state index in [1.807, 2.05) is 0 Å². The van der Waals surface area contributed by atoms with Gasteiger partial charge in [0.15, 0.2) is 0 Å². The molecular formula is C25H35N3O. The van der Waals surface area contributed by atoms with Gasteiger partial charge in [-0.1, -0.05) is 60.7 Å². The summed E-state index contributed by atoms with van der Waals surface area (Å²) in [7, 11) is 0. The molecule has 156 valence electrons. The third-order valence-electron chi connectivity index (χ3n) is 6.65. The molecular weight excluding hydrogens is 358 g/mol. The van der Waals surface area contributed by atoms with Crippen molar-refractivity contribution in [3.05, 3.63) is 71.8 Å². The highest BCUT2D eigenvalue weighted by Crippen LogP contribution is 2.23. The molecule has 0 bridgehead atoms. The van der Waals surface area contributed by atoms with Gasteiger partial charge in [0, 0.05) is 51.4 Å². The smallest absolute Gasteiger partial charge is 0.0446 e. The molecule has 0 spiro atoms. The number of benzene rings is 2. The molecule has 0 aromatic heterocycles. The largest absolute Gasteiger partial charge is 0.396 e. The summed E-state index contributed by atoms with van der Waals surface area (Å²) in [4.78, 5) is 7.89. The first-order valence-electron chi connectivity index (χ1n) is 11.2. The van der Waals surface area contributed by atoms with Crippen LogP contribution in [-0.4, -0.2) is 71.2 Å². The Morgan fingerprint density at radius 3 is 2.00 bits per heavy atom. The fraction of sp³-hybridized carbons (Fsp3) is 0.520. The Balaban J connectivity index is 1.29. The first kappa shape index (κ1) is 20.5. The van der Waals surface area contributed by atoms with Gasteiger partial charge < -0.3 is 5.11 Å². The van der Waals surface area contributed by atoms with Crippen molar-refractivity contribution in [1.82, 2.24) is 14.7 Å². The van der Waals surface area contributed by atoms with E-state index in [1.54, 1.807) is 0 Å². The van der Waals surface area contributed by atoms with Crippen LogP contribution in [0.25, 0.3) is 0 Å². The predicted molar refractivity (Wildman–Crippen MR) is 119 cm³/mol. The normalized spacial score (nSPS) is 22.7. The quantitative estimate of drug-likeness (QED) is 0.782. The zero-order chi connectivity index (χ0) is 19.9. The standard InChI is InChI=1S/C25H35N3O/c29-18-13-25-21-28(17-16-27(25)20-23-9-5-2-6-10-23)24-11-14-26(15-12-24)19-22-7-3-1-4-8-22/h1-10,24-25,29H,11-21H2/t25-/m0/s1. The first-order valence-corrected chi connectivity index (χ1v) is 11.2. The highest BCUT2D eigenvalue weighted by molar-refractivity contribution is 5.15. The third-order valence-corrected chi connectivity index (χ3v) is 6.65. The second kappa shape index (κ2) is 10.4. The van der Waals surface area contributed by atoms with Crippen molar-refractivity contribution in [1.29, 1.82) is 0 Å². The summed E-state index contributed by atoms with van der Waals surface area (Å²) in [6, 6.07) is 22.7. The van der Waals surface area contributed by atoms with Gasteiger partial charge in [0.25, 0.3) is 0 Å². The van der Waals surface area contributed by atoms with Gasteiger partial charge in [0.1, 0.15) is 0 Å². The summed E-state index contributed by atoms with van der Waals surface area (Å²) in [6.45, 7) is 8.07. The number of hydrogen-bond donors (Lipinski definition) is 1. The first-order chi connectivity index (χ1) is 14.3. The van der Waals surface area contributed by atoms with E-state index in [-0.39, 0.29) is 6.61 Å². The molecule has 4 heteroatoms. The van der Waals surface area contributed by atoms with Crippen molar-refractivity contribution < 1.29 is 5.11 Å². The van der Waals surface area contributed by atoms with E-state index in [1.165, 1.54) is 37.1 Å². The maximum atomic E-state index is 9.62. The van der Waals surface area contributed by atoms with Gasteiger partial charge >= 0.3 is 0 Å². The van der Waals surface area contributed by atoms with E-state index in [9.17, 15) is 5.11 Å². The van der Waals surface area contributed by atoms with Crippen LogP contribution in [0.1, 0.15) is 30.4 Å². The highest BCUT2D eigenvalue weighted by Gasteiger charge is 2.32. The van der Waals surface area contributed by atoms with Gasteiger partial charge in [-0.25, -0.2) is 0 Å². The minimum atomic E-state index is 0.277. The fourth-order valence-corrected chi connectivity index (χ4v) is 4.98. The molecule has 1 atom stereocenters. The molecule has 1 N–H and O–H groups in total. The Labute approximate surface area is 175 Å². The molecule has 4 rings (SSSR count). The molecule has 0 saturated carbocycles. The van der Waals surface area contributed by atoms with E-state index in [0.29, 0.717) is 12.1 Å². The molecule has 2 fully saturated rings.